The second-order valence-electron chi connectivity index (χ2n) is 17.8. The summed E-state index contributed by atoms with van der Waals surface area (Å²) in [5.74, 6) is 0.264. The molecule has 3 aliphatic rings. The average Bonchev–Trinajstić information content (AvgIpc) is 3.94. The van der Waals surface area contributed by atoms with Gasteiger partial charge < -0.3 is 9.47 Å². The lowest BCUT2D eigenvalue weighted by Crippen LogP contribution is -2.42. The van der Waals surface area contributed by atoms with Crippen molar-refractivity contribution in [1.29, 1.82) is 0 Å². The van der Waals surface area contributed by atoms with Crippen molar-refractivity contribution in [2.45, 2.75) is 18.3 Å². The lowest BCUT2D eigenvalue weighted by molar-refractivity contribution is 0.294. The van der Waals surface area contributed by atoms with Gasteiger partial charge in [-0.25, -0.2) is 0 Å². The van der Waals surface area contributed by atoms with Crippen molar-refractivity contribution in [2.24, 2.45) is 5.41 Å². The SMILES string of the molecule is CC12C=CC=CC1c1ccccc1C21c2ccccc2-c2ccc(N(c3ccc(-c4ccccc4)cc3)c3ccc(-c4ccc5c(c4)c4ccccc4n5-c4ccccc4)cc3)cc21. The minimum Gasteiger partial charge on any atom is -0.310 e. The predicted octanol–water partition coefficient (Wildman–Crippen LogP) is 16.1. The number of rotatable bonds is 6. The summed E-state index contributed by atoms with van der Waals surface area (Å²) in [6.07, 6.45) is 9.44. The summed E-state index contributed by atoms with van der Waals surface area (Å²) in [6.45, 7) is 2.49. The van der Waals surface area contributed by atoms with E-state index in [1.54, 1.807) is 0 Å². The number of nitrogens with zero attached hydrogens (tertiary/aromatic N) is 2. The van der Waals surface area contributed by atoms with Gasteiger partial charge in [-0.15, -0.1) is 0 Å². The van der Waals surface area contributed by atoms with Crippen LogP contribution in [0.25, 0.3) is 60.9 Å². The maximum absolute atomic E-state index is 2.52. The van der Waals surface area contributed by atoms with E-state index < -0.39 is 0 Å². The number of hydrogen-bond donors (Lipinski definition) is 0. The molecule has 0 N–H and O–H groups in total. The standard InChI is InChI=1S/C62H44N2/c1-61-39-15-14-23-55(61)53-22-9-12-25-57(53)62(61)56-24-11-8-20-50(56)51-37-36-49(41-58(51)62)63(47-32-27-43(28-33-47)42-16-4-2-5-17-42)48-34-29-44(30-35-48)45-31-38-60-54(40-45)52-21-10-13-26-59(52)64(60)46-18-6-3-7-19-46/h2-41,55H,1H3. The predicted molar refractivity (Wildman–Crippen MR) is 267 cm³/mol. The Labute approximate surface area is 374 Å². The first kappa shape index (κ1) is 36.7. The number of fused-ring (bicyclic) bond motifs is 13. The molecule has 0 aliphatic heterocycles. The first-order chi connectivity index (χ1) is 31.6. The van der Waals surface area contributed by atoms with Gasteiger partial charge >= 0.3 is 0 Å². The molecule has 64 heavy (non-hydrogen) atoms. The number of para-hydroxylation sites is 2. The monoisotopic (exact) mass is 816 g/mol. The fourth-order valence-electron chi connectivity index (χ4n) is 11.9. The molecule has 3 aliphatic carbocycles. The van der Waals surface area contributed by atoms with Crippen LogP contribution in [0.4, 0.5) is 17.1 Å². The molecule has 1 spiro atoms. The molecule has 0 saturated carbocycles. The van der Waals surface area contributed by atoms with Crippen LogP contribution in [0.3, 0.4) is 0 Å². The Morgan fingerprint density at radius 2 is 1.00 bits per heavy atom. The molecule has 1 aromatic heterocycles. The van der Waals surface area contributed by atoms with Crippen molar-refractivity contribution in [2.75, 3.05) is 4.90 Å². The molecule has 0 radical (unpaired) electrons. The van der Waals surface area contributed by atoms with Crippen molar-refractivity contribution in [1.82, 2.24) is 4.57 Å². The van der Waals surface area contributed by atoms with E-state index >= 15 is 0 Å². The van der Waals surface area contributed by atoms with Crippen LogP contribution in [-0.2, 0) is 5.41 Å². The van der Waals surface area contributed by atoms with Crippen molar-refractivity contribution in [3.63, 3.8) is 0 Å². The molecule has 13 rings (SSSR count). The quantitative estimate of drug-likeness (QED) is 0.162. The highest BCUT2D eigenvalue weighted by Gasteiger charge is 2.63. The van der Waals surface area contributed by atoms with Crippen LogP contribution in [0, 0.1) is 5.41 Å². The van der Waals surface area contributed by atoms with Gasteiger partial charge in [0.05, 0.1) is 16.4 Å². The molecule has 2 nitrogen and oxygen atoms in total. The zero-order valence-corrected chi connectivity index (χ0v) is 35.6. The van der Waals surface area contributed by atoms with Gasteiger partial charge in [0.2, 0.25) is 0 Å². The molecule has 10 aromatic rings. The summed E-state index contributed by atoms with van der Waals surface area (Å²) in [6, 6.07) is 80.9. The van der Waals surface area contributed by atoms with Gasteiger partial charge in [0, 0.05) is 44.9 Å². The second-order valence-corrected chi connectivity index (χ2v) is 17.8. The minimum atomic E-state index is -0.369. The highest BCUT2D eigenvalue weighted by molar-refractivity contribution is 6.10. The van der Waals surface area contributed by atoms with Crippen LogP contribution in [0.15, 0.2) is 243 Å². The van der Waals surface area contributed by atoms with Gasteiger partial charge in [0.25, 0.3) is 0 Å². The molecule has 0 saturated heterocycles. The van der Waals surface area contributed by atoms with Crippen LogP contribution in [-0.4, -0.2) is 4.57 Å². The fraction of sp³-hybridized carbons (Fsp3) is 0.0645. The van der Waals surface area contributed by atoms with E-state index in [0.29, 0.717) is 0 Å². The first-order valence-electron chi connectivity index (χ1n) is 22.5. The van der Waals surface area contributed by atoms with E-state index in [1.165, 1.54) is 83.1 Å². The molecule has 0 fully saturated rings. The number of hydrogen-bond acceptors (Lipinski definition) is 1. The molecule has 302 valence electrons. The Bertz CT molecular complexity index is 3500. The maximum Gasteiger partial charge on any atom is 0.0564 e. The Morgan fingerprint density at radius 1 is 0.422 bits per heavy atom. The highest BCUT2D eigenvalue weighted by atomic mass is 15.1. The molecule has 0 amide bonds. The third-order valence-corrected chi connectivity index (χ3v) is 14.7. The summed E-state index contributed by atoms with van der Waals surface area (Å²) < 4.78 is 2.38. The third kappa shape index (κ3) is 5.14. The zero-order chi connectivity index (χ0) is 42.4. The Balaban J connectivity index is 0.970. The van der Waals surface area contributed by atoms with Crippen molar-refractivity contribution < 1.29 is 0 Å². The van der Waals surface area contributed by atoms with E-state index in [0.717, 1.165) is 17.1 Å². The molecular formula is C62H44N2. The van der Waals surface area contributed by atoms with Crippen LogP contribution in [0.5, 0.6) is 0 Å². The van der Waals surface area contributed by atoms with Gasteiger partial charge in [-0.3, -0.25) is 0 Å². The van der Waals surface area contributed by atoms with E-state index in [-0.39, 0.29) is 16.7 Å². The van der Waals surface area contributed by atoms with Gasteiger partial charge in [0.15, 0.2) is 0 Å². The zero-order valence-electron chi connectivity index (χ0n) is 35.6. The van der Waals surface area contributed by atoms with Crippen molar-refractivity contribution >= 4 is 38.9 Å². The summed E-state index contributed by atoms with van der Waals surface area (Å²) in [5, 5.41) is 2.51. The Hall–Kier alpha value is -7.94. The van der Waals surface area contributed by atoms with Crippen molar-refractivity contribution in [3.8, 4) is 39.1 Å². The number of aromatic nitrogens is 1. The average molecular weight is 817 g/mol. The Morgan fingerprint density at radius 3 is 1.78 bits per heavy atom. The molecule has 9 aromatic carbocycles. The topological polar surface area (TPSA) is 8.17 Å². The summed E-state index contributed by atoms with van der Waals surface area (Å²) in [4.78, 5) is 2.45. The van der Waals surface area contributed by atoms with Crippen LogP contribution in [0.2, 0.25) is 0 Å². The van der Waals surface area contributed by atoms with E-state index in [1.807, 2.05) is 0 Å². The van der Waals surface area contributed by atoms with Crippen LogP contribution in [0.1, 0.15) is 35.1 Å². The summed E-state index contributed by atoms with van der Waals surface area (Å²) >= 11 is 0. The fourth-order valence-corrected chi connectivity index (χ4v) is 11.9. The second kappa shape index (κ2) is 14.0. The molecular weight excluding hydrogens is 773 g/mol. The lowest BCUT2D eigenvalue weighted by Gasteiger charge is -2.45. The van der Waals surface area contributed by atoms with Crippen molar-refractivity contribution in [3.05, 3.63) is 265 Å². The smallest absolute Gasteiger partial charge is 0.0564 e. The molecule has 0 bridgehead atoms. The van der Waals surface area contributed by atoms with Crippen LogP contribution >= 0.6 is 0 Å². The van der Waals surface area contributed by atoms with Gasteiger partial charge in [-0.2, -0.15) is 0 Å². The van der Waals surface area contributed by atoms with E-state index in [2.05, 4.69) is 259 Å². The highest BCUT2D eigenvalue weighted by Crippen LogP contribution is 2.71. The van der Waals surface area contributed by atoms with Gasteiger partial charge in [-0.05, 0) is 122 Å². The third-order valence-electron chi connectivity index (χ3n) is 14.7. The van der Waals surface area contributed by atoms with Gasteiger partial charge in [0.1, 0.15) is 0 Å². The lowest BCUT2D eigenvalue weighted by atomic mass is 9.56. The maximum atomic E-state index is 2.52. The molecule has 3 atom stereocenters. The number of allylic oxidation sites excluding steroid dienone is 4. The summed E-state index contributed by atoms with van der Waals surface area (Å²) in [7, 11) is 0. The minimum absolute atomic E-state index is 0.205. The number of benzene rings is 9. The van der Waals surface area contributed by atoms with Gasteiger partial charge in [-0.1, -0.05) is 183 Å². The van der Waals surface area contributed by atoms with E-state index in [9.17, 15) is 0 Å². The molecule has 3 unspecified atom stereocenters. The molecule has 1 heterocycles. The largest absolute Gasteiger partial charge is 0.310 e. The molecule has 2 heteroatoms. The first-order valence-corrected chi connectivity index (χ1v) is 22.5. The van der Waals surface area contributed by atoms with Crippen LogP contribution < -0.4 is 4.90 Å². The normalized spacial score (nSPS) is 18.9. The number of anilines is 3. The van der Waals surface area contributed by atoms with E-state index in [4.69, 9.17) is 0 Å². The Kier molecular flexibility index (Phi) is 8.05. The summed E-state index contributed by atoms with van der Waals surface area (Å²) in [5.41, 5.74) is 19.4.